The number of rotatable bonds is 4. The van der Waals surface area contributed by atoms with Crippen molar-refractivity contribution in [2.24, 2.45) is 0 Å². The van der Waals surface area contributed by atoms with Crippen molar-refractivity contribution in [3.05, 3.63) is 48.0 Å². The number of hydrogen-bond acceptors (Lipinski definition) is 5. The van der Waals surface area contributed by atoms with Crippen LogP contribution in [0.4, 0.5) is 11.4 Å². The number of methoxy groups -OCH3 is 1. The van der Waals surface area contributed by atoms with Gasteiger partial charge in [-0.15, -0.1) is 0 Å². The average molecular weight is 429 g/mol. The Hall–Kier alpha value is -3.07. The molecule has 4 rings (SSSR count). The third kappa shape index (κ3) is 3.60. The Kier molecular flexibility index (Phi) is 5.38. The minimum absolute atomic E-state index is 0.0619. The molecular weight excluding hydrogens is 406 g/mol. The molecule has 2 aliphatic rings. The Bertz CT molecular complexity index is 1090. The number of nitrogens with zero attached hydrogens (tertiary/aromatic N) is 2. The standard InChI is InChI=1S/C21H23N3O5S/c1-29-19-10-9-15(13-16(19)21(26)23-11-5-2-6-12-23)30(27,28)24-14-20(25)22-17-7-3-4-8-18(17)24/h3-4,7-10,13H,2,5-6,11-12,14H2,1H3,(H,22,25). The molecule has 0 bridgehead atoms. The van der Waals surface area contributed by atoms with E-state index in [9.17, 15) is 18.0 Å². The Morgan fingerprint density at radius 3 is 2.53 bits per heavy atom. The molecule has 0 aromatic heterocycles. The molecule has 2 heterocycles. The quantitative estimate of drug-likeness (QED) is 0.806. The molecule has 30 heavy (non-hydrogen) atoms. The van der Waals surface area contributed by atoms with Gasteiger partial charge in [0, 0.05) is 13.1 Å². The molecular formula is C21H23N3O5S. The first-order valence-electron chi connectivity index (χ1n) is 9.81. The fourth-order valence-electron chi connectivity index (χ4n) is 3.83. The van der Waals surface area contributed by atoms with Crippen molar-refractivity contribution in [1.29, 1.82) is 0 Å². The van der Waals surface area contributed by atoms with Gasteiger partial charge < -0.3 is 15.0 Å². The van der Waals surface area contributed by atoms with Gasteiger partial charge in [-0.1, -0.05) is 12.1 Å². The van der Waals surface area contributed by atoms with Crippen LogP contribution in [-0.2, 0) is 14.8 Å². The van der Waals surface area contributed by atoms with Gasteiger partial charge in [-0.05, 0) is 49.6 Å². The van der Waals surface area contributed by atoms with Crippen LogP contribution in [0.2, 0.25) is 0 Å². The van der Waals surface area contributed by atoms with Crippen molar-refractivity contribution in [1.82, 2.24) is 4.90 Å². The molecule has 0 atom stereocenters. The minimum atomic E-state index is -4.07. The maximum absolute atomic E-state index is 13.4. The van der Waals surface area contributed by atoms with Crippen LogP contribution in [0, 0.1) is 0 Å². The van der Waals surface area contributed by atoms with E-state index in [-0.39, 0.29) is 22.9 Å². The Balaban J connectivity index is 1.75. The predicted octanol–water partition coefficient (Wildman–Crippen LogP) is 2.47. The molecule has 8 nitrogen and oxygen atoms in total. The van der Waals surface area contributed by atoms with Crippen molar-refractivity contribution in [2.45, 2.75) is 24.2 Å². The number of fused-ring (bicyclic) bond motifs is 1. The van der Waals surface area contributed by atoms with Gasteiger partial charge in [-0.2, -0.15) is 0 Å². The molecule has 1 fully saturated rings. The van der Waals surface area contributed by atoms with E-state index in [0.29, 0.717) is 30.2 Å². The fourth-order valence-corrected chi connectivity index (χ4v) is 5.29. The minimum Gasteiger partial charge on any atom is -0.496 e. The molecule has 158 valence electrons. The molecule has 2 aliphatic heterocycles. The molecule has 2 amide bonds. The van der Waals surface area contributed by atoms with Crippen molar-refractivity contribution >= 4 is 33.2 Å². The summed E-state index contributed by atoms with van der Waals surface area (Å²) >= 11 is 0. The number of nitrogens with one attached hydrogen (secondary N) is 1. The van der Waals surface area contributed by atoms with Gasteiger partial charge in [-0.25, -0.2) is 8.42 Å². The first-order valence-corrected chi connectivity index (χ1v) is 11.2. The largest absolute Gasteiger partial charge is 0.496 e. The first-order chi connectivity index (χ1) is 14.4. The lowest BCUT2D eigenvalue weighted by Gasteiger charge is -2.30. The number of hydrogen-bond donors (Lipinski definition) is 1. The fraction of sp³-hybridized carbons (Fsp3) is 0.333. The molecule has 1 N–H and O–H groups in total. The van der Waals surface area contributed by atoms with Crippen LogP contribution in [0.3, 0.4) is 0 Å². The third-order valence-electron chi connectivity index (χ3n) is 5.37. The van der Waals surface area contributed by atoms with Crippen molar-refractivity contribution in [3.8, 4) is 5.75 Å². The normalized spacial score (nSPS) is 16.6. The highest BCUT2D eigenvalue weighted by molar-refractivity contribution is 7.92. The second kappa shape index (κ2) is 7.98. The molecule has 1 saturated heterocycles. The summed E-state index contributed by atoms with van der Waals surface area (Å²) in [6.07, 6.45) is 2.92. The number of carbonyl (C=O) groups is 2. The number of piperidine rings is 1. The summed E-state index contributed by atoms with van der Waals surface area (Å²) < 4.78 is 33.2. The molecule has 0 aliphatic carbocycles. The number of benzene rings is 2. The van der Waals surface area contributed by atoms with E-state index >= 15 is 0 Å². The zero-order chi connectivity index (χ0) is 21.3. The Morgan fingerprint density at radius 2 is 1.80 bits per heavy atom. The summed E-state index contributed by atoms with van der Waals surface area (Å²) in [6.45, 7) is 0.943. The molecule has 0 saturated carbocycles. The van der Waals surface area contributed by atoms with Gasteiger partial charge in [0.25, 0.3) is 15.9 Å². The topological polar surface area (TPSA) is 96.0 Å². The van der Waals surface area contributed by atoms with Crippen LogP contribution < -0.4 is 14.4 Å². The zero-order valence-electron chi connectivity index (χ0n) is 16.6. The van der Waals surface area contributed by atoms with E-state index < -0.39 is 15.9 Å². The summed E-state index contributed by atoms with van der Waals surface area (Å²) in [7, 11) is -2.63. The van der Waals surface area contributed by atoms with Crippen LogP contribution in [0.25, 0.3) is 0 Å². The van der Waals surface area contributed by atoms with E-state index in [2.05, 4.69) is 5.32 Å². The summed E-state index contributed by atoms with van der Waals surface area (Å²) in [5, 5.41) is 2.68. The number of likely N-dealkylation sites (tertiary alicyclic amines) is 1. The maximum Gasteiger partial charge on any atom is 0.264 e. The van der Waals surface area contributed by atoms with E-state index in [1.165, 1.54) is 25.3 Å². The van der Waals surface area contributed by atoms with Crippen LogP contribution in [-0.4, -0.2) is 51.9 Å². The molecule has 2 aromatic carbocycles. The van der Waals surface area contributed by atoms with Crippen molar-refractivity contribution in [3.63, 3.8) is 0 Å². The van der Waals surface area contributed by atoms with Gasteiger partial charge in [0.15, 0.2) is 0 Å². The zero-order valence-corrected chi connectivity index (χ0v) is 17.4. The number of amides is 2. The molecule has 0 unspecified atom stereocenters. The van der Waals surface area contributed by atoms with Crippen molar-refractivity contribution < 1.29 is 22.7 Å². The predicted molar refractivity (Wildman–Crippen MR) is 112 cm³/mol. The lowest BCUT2D eigenvalue weighted by Crippen LogP contribution is -2.42. The molecule has 0 radical (unpaired) electrons. The van der Waals surface area contributed by atoms with Crippen LogP contribution in [0.1, 0.15) is 29.6 Å². The number of para-hydroxylation sites is 2. The molecule has 9 heteroatoms. The van der Waals surface area contributed by atoms with Crippen LogP contribution >= 0.6 is 0 Å². The van der Waals surface area contributed by atoms with Crippen LogP contribution in [0.15, 0.2) is 47.4 Å². The van der Waals surface area contributed by atoms with E-state index in [4.69, 9.17) is 4.74 Å². The van der Waals surface area contributed by atoms with Gasteiger partial charge in [-0.3, -0.25) is 13.9 Å². The SMILES string of the molecule is COc1ccc(S(=O)(=O)N2CC(=O)Nc3ccccc32)cc1C(=O)N1CCCCC1. The number of sulfonamides is 1. The summed E-state index contributed by atoms with van der Waals surface area (Å²) in [5.74, 6) is -0.350. The lowest BCUT2D eigenvalue weighted by atomic mass is 10.1. The number of anilines is 2. The summed E-state index contributed by atoms with van der Waals surface area (Å²) in [6, 6.07) is 10.9. The van der Waals surface area contributed by atoms with Gasteiger partial charge in [0.1, 0.15) is 12.3 Å². The molecule has 0 spiro atoms. The number of ether oxygens (including phenoxy) is 1. The highest BCUT2D eigenvalue weighted by Crippen LogP contribution is 2.34. The van der Waals surface area contributed by atoms with Gasteiger partial charge in [0.05, 0.1) is 28.9 Å². The average Bonchev–Trinajstić information content (AvgIpc) is 2.78. The third-order valence-corrected chi connectivity index (χ3v) is 7.12. The van der Waals surface area contributed by atoms with E-state index in [1.807, 2.05) is 0 Å². The van der Waals surface area contributed by atoms with Gasteiger partial charge in [0.2, 0.25) is 5.91 Å². The summed E-state index contributed by atoms with van der Waals surface area (Å²) in [4.78, 5) is 26.8. The Labute approximate surface area is 175 Å². The smallest absolute Gasteiger partial charge is 0.264 e. The highest BCUT2D eigenvalue weighted by Gasteiger charge is 2.33. The van der Waals surface area contributed by atoms with E-state index in [0.717, 1.165) is 23.6 Å². The monoisotopic (exact) mass is 429 g/mol. The maximum atomic E-state index is 13.4. The van der Waals surface area contributed by atoms with Gasteiger partial charge >= 0.3 is 0 Å². The lowest BCUT2D eigenvalue weighted by molar-refractivity contribution is -0.115. The summed E-state index contributed by atoms with van der Waals surface area (Å²) in [5.41, 5.74) is 1.02. The van der Waals surface area contributed by atoms with Crippen LogP contribution in [0.5, 0.6) is 5.75 Å². The first kappa shape index (κ1) is 20.2. The highest BCUT2D eigenvalue weighted by atomic mass is 32.2. The van der Waals surface area contributed by atoms with Crippen molar-refractivity contribution in [2.75, 3.05) is 36.4 Å². The van der Waals surface area contributed by atoms with E-state index in [1.54, 1.807) is 29.2 Å². The second-order valence-electron chi connectivity index (χ2n) is 7.29. The molecule has 2 aromatic rings. The second-order valence-corrected chi connectivity index (χ2v) is 9.15. The number of carbonyl (C=O) groups excluding carboxylic acids is 2. The Morgan fingerprint density at radius 1 is 1.07 bits per heavy atom.